The number of aliphatic hydroxyl groups is 1. The molecule has 142 valence electrons. The van der Waals surface area contributed by atoms with Crippen LogP contribution in [0.3, 0.4) is 0 Å². The third-order valence-electron chi connectivity index (χ3n) is 5.57. The van der Waals surface area contributed by atoms with Crippen molar-refractivity contribution in [1.29, 1.82) is 0 Å². The fraction of sp³-hybridized carbons (Fsp3) is 0.476. The highest BCUT2D eigenvalue weighted by molar-refractivity contribution is 5.73. The normalized spacial score (nSPS) is 24.2. The molecule has 0 saturated heterocycles. The van der Waals surface area contributed by atoms with Gasteiger partial charge < -0.3 is 14.6 Å². The molecule has 6 heteroatoms. The van der Waals surface area contributed by atoms with E-state index in [1.54, 1.807) is 13.3 Å². The van der Waals surface area contributed by atoms with Crippen molar-refractivity contribution in [3.05, 3.63) is 47.2 Å². The number of rotatable bonds is 6. The monoisotopic (exact) mass is 367 g/mol. The van der Waals surface area contributed by atoms with Crippen LogP contribution in [0.5, 0.6) is 11.6 Å². The molecule has 0 aliphatic heterocycles. The summed E-state index contributed by atoms with van der Waals surface area (Å²) in [5.74, 6) is 2.96. The summed E-state index contributed by atoms with van der Waals surface area (Å²) in [5, 5.41) is 10.0. The first kappa shape index (κ1) is 17.9. The summed E-state index contributed by atoms with van der Waals surface area (Å²) < 4.78 is 11.3. The molecule has 0 aromatic carbocycles. The van der Waals surface area contributed by atoms with E-state index >= 15 is 0 Å². The number of pyridine rings is 1. The molecule has 4 rings (SSSR count). The maximum absolute atomic E-state index is 10.0. The fourth-order valence-corrected chi connectivity index (χ4v) is 3.72. The van der Waals surface area contributed by atoms with Crippen LogP contribution < -0.4 is 9.47 Å². The second-order valence-electron chi connectivity index (χ2n) is 7.39. The number of hydrogen-bond acceptors (Lipinski definition) is 6. The Morgan fingerprint density at radius 1 is 1.19 bits per heavy atom. The summed E-state index contributed by atoms with van der Waals surface area (Å²) in [7, 11) is 1.65. The summed E-state index contributed by atoms with van der Waals surface area (Å²) in [6, 6.07) is 3.98. The predicted molar refractivity (Wildman–Crippen MR) is 102 cm³/mol. The Morgan fingerprint density at radius 3 is 2.70 bits per heavy atom. The van der Waals surface area contributed by atoms with E-state index in [0.29, 0.717) is 30.1 Å². The molecule has 2 aliphatic carbocycles. The summed E-state index contributed by atoms with van der Waals surface area (Å²) in [5.41, 5.74) is 4.11. The lowest BCUT2D eigenvalue weighted by atomic mass is 10.1. The second kappa shape index (κ2) is 7.27. The molecule has 1 N–H and O–H groups in total. The van der Waals surface area contributed by atoms with Gasteiger partial charge >= 0.3 is 0 Å². The number of ether oxygens (including phenoxy) is 2. The average molecular weight is 367 g/mol. The van der Waals surface area contributed by atoms with E-state index < -0.39 is 0 Å². The zero-order valence-electron chi connectivity index (χ0n) is 16.0. The standard InChI is InChI=1S/C21H25N3O3/c1-12-16(5-7-20(12)25)18-10-22-13(2)24-21(18)27-11-14-8-17(14)19-6-4-15(26-3)9-23-19/h4,6,9-10,14,17,20,25H,5,7-8,11H2,1-3H3/t14-,17+,20?/m1/s1. The number of aryl methyl sites for hydroxylation is 1. The minimum Gasteiger partial charge on any atom is -0.495 e. The molecule has 1 unspecified atom stereocenters. The van der Waals surface area contributed by atoms with Crippen LogP contribution >= 0.6 is 0 Å². The van der Waals surface area contributed by atoms with E-state index in [2.05, 4.69) is 15.0 Å². The highest BCUT2D eigenvalue weighted by Gasteiger charge is 2.40. The smallest absolute Gasteiger partial charge is 0.224 e. The van der Waals surface area contributed by atoms with Gasteiger partial charge in [-0.25, -0.2) is 4.98 Å². The van der Waals surface area contributed by atoms with Crippen LogP contribution in [0.4, 0.5) is 0 Å². The molecule has 2 aromatic heterocycles. The number of aliphatic hydroxyl groups excluding tert-OH is 1. The van der Waals surface area contributed by atoms with Gasteiger partial charge in [0.1, 0.15) is 11.6 Å². The average Bonchev–Trinajstić information content (AvgIpc) is 3.39. The molecule has 27 heavy (non-hydrogen) atoms. The van der Waals surface area contributed by atoms with Crippen molar-refractivity contribution >= 4 is 5.57 Å². The van der Waals surface area contributed by atoms with Crippen LogP contribution in [-0.2, 0) is 0 Å². The Bertz CT molecular complexity index is 863. The van der Waals surface area contributed by atoms with Crippen molar-refractivity contribution in [3.8, 4) is 11.6 Å². The van der Waals surface area contributed by atoms with Gasteiger partial charge in [-0.2, -0.15) is 4.98 Å². The maximum atomic E-state index is 10.0. The van der Waals surface area contributed by atoms with Gasteiger partial charge in [-0.1, -0.05) is 0 Å². The summed E-state index contributed by atoms with van der Waals surface area (Å²) >= 11 is 0. The molecule has 1 saturated carbocycles. The van der Waals surface area contributed by atoms with Crippen molar-refractivity contribution in [1.82, 2.24) is 15.0 Å². The lowest BCUT2D eigenvalue weighted by Crippen LogP contribution is -2.07. The van der Waals surface area contributed by atoms with Crippen LogP contribution in [0.2, 0.25) is 0 Å². The van der Waals surface area contributed by atoms with Gasteiger partial charge in [0.15, 0.2) is 0 Å². The number of allylic oxidation sites excluding steroid dienone is 1. The zero-order valence-corrected chi connectivity index (χ0v) is 16.0. The van der Waals surface area contributed by atoms with Crippen molar-refractivity contribution in [2.75, 3.05) is 13.7 Å². The van der Waals surface area contributed by atoms with Crippen molar-refractivity contribution in [2.24, 2.45) is 5.92 Å². The van der Waals surface area contributed by atoms with Crippen LogP contribution in [0.1, 0.15) is 49.2 Å². The first-order valence-electron chi connectivity index (χ1n) is 9.41. The van der Waals surface area contributed by atoms with E-state index in [9.17, 15) is 5.11 Å². The molecule has 0 bridgehead atoms. The van der Waals surface area contributed by atoms with Crippen molar-refractivity contribution in [2.45, 2.75) is 45.1 Å². The van der Waals surface area contributed by atoms with Gasteiger partial charge in [0.25, 0.3) is 0 Å². The lowest BCUT2D eigenvalue weighted by Gasteiger charge is -2.12. The molecule has 1 fully saturated rings. The van der Waals surface area contributed by atoms with E-state index in [1.807, 2.05) is 32.2 Å². The topological polar surface area (TPSA) is 77.4 Å². The van der Waals surface area contributed by atoms with Gasteiger partial charge in [-0.05, 0) is 56.4 Å². The van der Waals surface area contributed by atoms with Gasteiger partial charge in [0, 0.05) is 23.7 Å². The fourth-order valence-electron chi connectivity index (χ4n) is 3.72. The van der Waals surface area contributed by atoms with Crippen LogP contribution in [0, 0.1) is 12.8 Å². The summed E-state index contributed by atoms with van der Waals surface area (Å²) in [4.78, 5) is 13.3. The SMILES string of the molecule is COc1ccc([C@H]2C[C@@H]2COc2nc(C)ncc2C2=C(C)C(O)CC2)nc1. The second-order valence-corrected chi connectivity index (χ2v) is 7.39. The highest BCUT2D eigenvalue weighted by atomic mass is 16.5. The molecule has 2 aliphatic rings. The maximum Gasteiger partial charge on any atom is 0.224 e. The number of methoxy groups -OCH3 is 1. The third kappa shape index (κ3) is 3.67. The highest BCUT2D eigenvalue weighted by Crippen LogP contribution is 2.47. The Labute approximate surface area is 159 Å². The molecular weight excluding hydrogens is 342 g/mol. The first-order chi connectivity index (χ1) is 13.1. The van der Waals surface area contributed by atoms with Crippen LogP contribution in [0.25, 0.3) is 5.57 Å². The quantitative estimate of drug-likeness (QED) is 0.844. The number of nitrogens with zero attached hydrogens (tertiary/aromatic N) is 3. The Balaban J connectivity index is 1.45. The lowest BCUT2D eigenvalue weighted by molar-refractivity contribution is 0.212. The van der Waals surface area contributed by atoms with E-state index in [4.69, 9.17) is 9.47 Å². The van der Waals surface area contributed by atoms with Gasteiger partial charge in [0.05, 0.1) is 31.6 Å². The van der Waals surface area contributed by atoms with Crippen molar-refractivity contribution in [3.63, 3.8) is 0 Å². The van der Waals surface area contributed by atoms with Gasteiger partial charge in [0.2, 0.25) is 5.88 Å². The zero-order chi connectivity index (χ0) is 19.0. The predicted octanol–water partition coefficient (Wildman–Crippen LogP) is 3.30. The molecule has 0 radical (unpaired) electrons. The summed E-state index contributed by atoms with van der Waals surface area (Å²) in [6.45, 7) is 4.45. The van der Waals surface area contributed by atoms with Crippen LogP contribution in [0.15, 0.2) is 30.1 Å². The van der Waals surface area contributed by atoms with E-state index in [0.717, 1.165) is 47.4 Å². The van der Waals surface area contributed by atoms with Gasteiger partial charge in [-0.15, -0.1) is 0 Å². The third-order valence-corrected chi connectivity index (χ3v) is 5.57. The molecule has 3 atom stereocenters. The van der Waals surface area contributed by atoms with E-state index in [1.165, 1.54) is 0 Å². The Hall–Kier alpha value is -2.47. The molecule has 2 aromatic rings. The minimum absolute atomic E-state index is 0.372. The molecular formula is C21H25N3O3. The Kier molecular flexibility index (Phi) is 4.83. The molecule has 0 spiro atoms. The van der Waals surface area contributed by atoms with Crippen LogP contribution in [-0.4, -0.2) is 39.9 Å². The molecule has 6 nitrogen and oxygen atoms in total. The summed E-state index contributed by atoms with van der Waals surface area (Å²) in [6.07, 6.45) is 5.87. The Morgan fingerprint density at radius 2 is 2.04 bits per heavy atom. The largest absolute Gasteiger partial charge is 0.495 e. The molecule has 0 amide bonds. The number of hydrogen-bond donors (Lipinski definition) is 1. The molecule has 2 heterocycles. The minimum atomic E-state index is -0.372. The number of aromatic nitrogens is 3. The van der Waals surface area contributed by atoms with Gasteiger partial charge in [-0.3, -0.25) is 4.98 Å². The van der Waals surface area contributed by atoms with Crippen molar-refractivity contribution < 1.29 is 14.6 Å². The first-order valence-corrected chi connectivity index (χ1v) is 9.41. The van der Waals surface area contributed by atoms with E-state index in [-0.39, 0.29) is 6.10 Å².